The van der Waals surface area contributed by atoms with E-state index in [9.17, 15) is 0 Å². The molecule has 0 bridgehead atoms. The lowest BCUT2D eigenvalue weighted by molar-refractivity contribution is 0.0584. The molecule has 0 aromatic carbocycles. The van der Waals surface area contributed by atoms with Crippen LogP contribution in [0.1, 0.15) is 59.3 Å². The molecule has 0 aliphatic carbocycles. The molecule has 1 aliphatic heterocycles. The Morgan fingerprint density at radius 2 is 1.84 bits per heavy atom. The Kier molecular flexibility index (Phi) is 7.33. The summed E-state index contributed by atoms with van der Waals surface area (Å²) in [6, 6.07) is 0.682. The average molecular weight is 269 g/mol. The van der Waals surface area contributed by atoms with Gasteiger partial charge >= 0.3 is 0 Å². The fourth-order valence-corrected chi connectivity index (χ4v) is 3.70. The van der Waals surface area contributed by atoms with Crippen molar-refractivity contribution in [3.63, 3.8) is 0 Å². The van der Waals surface area contributed by atoms with Gasteiger partial charge in [0.25, 0.3) is 0 Å². The third-order valence-corrected chi connectivity index (χ3v) is 5.17. The van der Waals surface area contributed by atoms with E-state index in [4.69, 9.17) is 5.73 Å². The van der Waals surface area contributed by atoms with Crippen LogP contribution in [0.25, 0.3) is 0 Å². The molecule has 0 spiro atoms. The highest BCUT2D eigenvalue weighted by Crippen LogP contribution is 2.30. The van der Waals surface area contributed by atoms with E-state index < -0.39 is 0 Å². The third kappa shape index (κ3) is 4.17. The normalized spacial score (nSPS) is 26.1. The van der Waals surface area contributed by atoms with Crippen molar-refractivity contribution in [1.29, 1.82) is 0 Å². The van der Waals surface area contributed by atoms with Gasteiger partial charge in [0.2, 0.25) is 0 Å². The number of hydrogen-bond donors (Lipinski definition) is 1. The van der Waals surface area contributed by atoms with Crippen LogP contribution in [0.3, 0.4) is 0 Å². The van der Waals surface area contributed by atoms with Crippen LogP contribution in [0.15, 0.2) is 0 Å². The van der Waals surface area contributed by atoms with E-state index in [-0.39, 0.29) is 5.54 Å². The van der Waals surface area contributed by atoms with Gasteiger partial charge in [-0.2, -0.15) is 0 Å². The molecule has 0 aromatic heterocycles. The number of rotatable bonds is 7. The van der Waals surface area contributed by atoms with Gasteiger partial charge in [-0.3, -0.25) is 4.90 Å². The first-order chi connectivity index (χ1) is 9.13. The molecule has 2 N–H and O–H groups in total. The van der Waals surface area contributed by atoms with Crippen LogP contribution in [0.2, 0.25) is 0 Å². The summed E-state index contributed by atoms with van der Waals surface area (Å²) in [7, 11) is 2.31. The van der Waals surface area contributed by atoms with Crippen LogP contribution in [0, 0.1) is 0 Å². The van der Waals surface area contributed by atoms with Crippen molar-refractivity contribution < 1.29 is 0 Å². The van der Waals surface area contributed by atoms with Crippen molar-refractivity contribution in [3.05, 3.63) is 0 Å². The molecule has 0 radical (unpaired) electrons. The minimum atomic E-state index is 0.235. The predicted octanol–water partition coefficient (Wildman–Crippen LogP) is 2.70. The highest BCUT2D eigenvalue weighted by Gasteiger charge is 2.37. The Balaban J connectivity index is 2.74. The average Bonchev–Trinajstić information content (AvgIpc) is 2.64. The largest absolute Gasteiger partial charge is 0.329 e. The summed E-state index contributed by atoms with van der Waals surface area (Å²) in [5.41, 5.74) is 6.45. The van der Waals surface area contributed by atoms with E-state index in [2.05, 4.69) is 37.6 Å². The first-order valence-electron chi connectivity index (χ1n) is 8.28. The van der Waals surface area contributed by atoms with Gasteiger partial charge in [-0.05, 0) is 65.2 Å². The topological polar surface area (TPSA) is 32.5 Å². The lowest BCUT2D eigenvalue weighted by atomic mass is 9.86. The Morgan fingerprint density at radius 3 is 2.37 bits per heavy atom. The Hall–Kier alpha value is -0.120. The standard InChI is InChI=1S/C16H35N3/c1-5-11-19-12-8-9-16(14-17,10-13-19)18(4)15(6-2)7-3/h15H,5-14,17H2,1-4H3. The molecule has 1 unspecified atom stereocenters. The molecular weight excluding hydrogens is 234 g/mol. The summed E-state index contributed by atoms with van der Waals surface area (Å²) in [6.07, 6.45) is 7.51. The summed E-state index contributed by atoms with van der Waals surface area (Å²) in [4.78, 5) is 5.24. The first-order valence-corrected chi connectivity index (χ1v) is 8.28. The summed E-state index contributed by atoms with van der Waals surface area (Å²) in [5, 5.41) is 0. The fourth-order valence-electron chi connectivity index (χ4n) is 3.70. The number of hydrogen-bond acceptors (Lipinski definition) is 3. The molecular formula is C16H35N3. The van der Waals surface area contributed by atoms with Crippen molar-refractivity contribution in [2.75, 3.05) is 33.2 Å². The van der Waals surface area contributed by atoms with Gasteiger partial charge in [0.05, 0.1) is 0 Å². The van der Waals surface area contributed by atoms with Crippen molar-refractivity contribution in [2.45, 2.75) is 70.9 Å². The highest BCUT2D eigenvalue weighted by atomic mass is 15.2. The maximum Gasteiger partial charge on any atom is 0.0344 e. The zero-order valence-electron chi connectivity index (χ0n) is 13.6. The molecule has 1 rings (SSSR count). The van der Waals surface area contributed by atoms with Crippen LogP contribution >= 0.6 is 0 Å². The molecule has 0 aromatic rings. The van der Waals surface area contributed by atoms with E-state index in [0.29, 0.717) is 6.04 Å². The second-order valence-corrected chi connectivity index (χ2v) is 6.20. The quantitative estimate of drug-likeness (QED) is 0.771. The van der Waals surface area contributed by atoms with Gasteiger partial charge in [0, 0.05) is 18.1 Å². The molecule has 0 amide bonds. The lowest BCUT2D eigenvalue weighted by Crippen LogP contribution is -2.56. The molecule has 0 saturated carbocycles. The van der Waals surface area contributed by atoms with Crippen LogP contribution in [0.5, 0.6) is 0 Å². The fraction of sp³-hybridized carbons (Fsp3) is 1.00. The predicted molar refractivity (Wildman–Crippen MR) is 84.5 cm³/mol. The minimum Gasteiger partial charge on any atom is -0.329 e. The number of nitrogens with two attached hydrogens (primary N) is 1. The minimum absolute atomic E-state index is 0.235. The summed E-state index contributed by atoms with van der Waals surface area (Å²) < 4.78 is 0. The lowest BCUT2D eigenvalue weighted by Gasteiger charge is -2.45. The van der Waals surface area contributed by atoms with Gasteiger partial charge in [-0.15, -0.1) is 0 Å². The molecule has 3 heteroatoms. The molecule has 3 nitrogen and oxygen atoms in total. The van der Waals surface area contributed by atoms with E-state index in [0.717, 1.165) is 6.54 Å². The summed E-state index contributed by atoms with van der Waals surface area (Å²) >= 11 is 0. The van der Waals surface area contributed by atoms with Crippen molar-refractivity contribution in [2.24, 2.45) is 5.73 Å². The van der Waals surface area contributed by atoms with E-state index in [1.807, 2.05) is 0 Å². The van der Waals surface area contributed by atoms with Crippen LogP contribution in [0.4, 0.5) is 0 Å². The van der Waals surface area contributed by atoms with Gasteiger partial charge in [0.15, 0.2) is 0 Å². The third-order valence-electron chi connectivity index (χ3n) is 5.17. The van der Waals surface area contributed by atoms with Crippen LogP contribution < -0.4 is 5.73 Å². The van der Waals surface area contributed by atoms with E-state index in [1.165, 1.54) is 58.2 Å². The molecule has 114 valence electrons. The Bertz CT molecular complexity index is 240. The maximum absolute atomic E-state index is 6.22. The van der Waals surface area contributed by atoms with Gasteiger partial charge in [-0.25, -0.2) is 0 Å². The highest BCUT2D eigenvalue weighted by molar-refractivity contribution is 4.95. The second-order valence-electron chi connectivity index (χ2n) is 6.20. The maximum atomic E-state index is 6.22. The second kappa shape index (κ2) is 8.23. The van der Waals surface area contributed by atoms with E-state index in [1.54, 1.807) is 0 Å². The summed E-state index contributed by atoms with van der Waals surface area (Å²) in [5.74, 6) is 0. The molecule has 1 fully saturated rings. The molecule has 1 aliphatic rings. The zero-order valence-corrected chi connectivity index (χ0v) is 13.6. The van der Waals surface area contributed by atoms with Gasteiger partial charge in [0.1, 0.15) is 0 Å². The van der Waals surface area contributed by atoms with Gasteiger partial charge < -0.3 is 10.6 Å². The number of nitrogens with zero attached hydrogens (tertiary/aromatic N) is 2. The van der Waals surface area contributed by atoms with E-state index >= 15 is 0 Å². The smallest absolute Gasteiger partial charge is 0.0344 e. The molecule has 1 atom stereocenters. The van der Waals surface area contributed by atoms with Crippen molar-refractivity contribution in [3.8, 4) is 0 Å². The first kappa shape index (κ1) is 16.9. The number of likely N-dealkylation sites (tertiary alicyclic amines) is 1. The Labute approximate surface area is 120 Å². The summed E-state index contributed by atoms with van der Waals surface area (Å²) in [6.45, 7) is 11.4. The molecule has 19 heavy (non-hydrogen) atoms. The van der Waals surface area contributed by atoms with Crippen LogP contribution in [-0.4, -0.2) is 54.6 Å². The van der Waals surface area contributed by atoms with Crippen molar-refractivity contribution >= 4 is 0 Å². The monoisotopic (exact) mass is 269 g/mol. The number of likely N-dealkylation sites (N-methyl/N-ethyl adjacent to an activating group) is 1. The zero-order chi connectivity index (χ0) is 14.3. The van der Waals surface area contributed by atoms with Crippen molar-refractivity contribution in [1.82, 2.24) is 9.80 Å². The van der Waals surface area contributed by atoms with Gasteiger partial charge in [-0.1, -0.05) is 20.8 Å². The molecule has 1 heterocycles. The van der Waals surface area contributed by atoms with Crippen LogP contribution in [-0.2, 0) is 0 Å². The Morgan fingerprint density at radius 1 is 1.16 bits per heavy atom. The molecule has 1 saturated heterocycles. The SMILES string of the molecule is CCCN1CCCC(CN)(N(C)C(CC)CC)CC1.